The van der Waals surface area contributed by atoms with Gasteiger partial charge in [0.1, 0.15) is 4.32 Å². The zero-order valence-corrected chi connectivity index (χ0v) is 19.1. The van der Waals surface area contributed by atoms with Gasteiger partial charge in [-0.25, -0.2) is 0 Å². The molecule has 0 saturated heterocycles. The molecule has 1 unspecified atom stereocenters. The first-order valence-corrected chi connectivity index (χ1v) is 12.4. The average molecular weight is 408 g/mol. The number of unbranched alkanes of at least 4 members (excludes halogenated alkanes) is 10. The molecule has 0 heterocycles. The Morgan fingerprint density at radius 1 is 0.880 bits per heavy atom. The Kier molecular flexibility index (Phi) is 19.7. The van der Waals surface area contributed by atoms with Crippen molar-refractivity contribution in [3.63, 3.8) is 0 Å². The second-order valence-electron chi connectivity index (χ2n) is 6.94. The van der Waals surface area contributed by atoms with Gasteiger partial charge in [-0.3, -0.25) is 0 Å². The first-order valence-electron chi connectivity index (χ1n) is 10.4. The zero-order valence-electron chi connectivity index (χ0n) is 16.5. The Morgan fingerprint density at radius 3 is 1.76 bits per heavy atom. The summed E-state index contributed by atoms with van der Waals surface area (Å²) in [6.07, 6.45) is 15.4. The summed E-state index contributed by atoms with van der Waals surface area (Å²) in [7, 11) is 0. The first-order chi connectivity index (χ1) is 12.2. The summed E-state index contributed by atoms with van der Waals surface area (Å²) in [4.78, 5) is 2.38. The molecule has 0 aromatic heterocycles. The topological polar surface area (TPSA) is 23.5 Å². The van der Waals surface area contributed by atoms with Crippen LogP contribution < -0.4 is 0 Å². The van der Waals surface area contributed by atoms with Gasteiger partial charge < -0.3 is 10.0 Å². The molecular weight excluding hydrogens is 366 g/mol. The third-order valence-electron chi connectivity index (χ3n) is 4.43. The largest absolute Gasteiger partial charge is 0.391 e. The van der Waals surface area contributed by atoms with Crippen molar-refractivity contribution in [1.29, 1.82) is 0 Å². The van der Waals surface area contributed by atoms with E-state index in [0.717, 1.165) is 17.4 Å². The standard InChI is InChI=1S/C20H41NOS3/c1-3-5-7-9-11-13-15-21(16-14-12-10-8-6-4-2)20(24)25-18-19(22)17-23/h19,22-23H,3-18H2,1-2H3. The van der Waals surface area contributed by atoms with Crippen LogP contribution in [0.5, 0.6) is 0 Å². The van der Waals surface area contributed by atoms with Gasteiger partial charge in [0.05, 0.1) is 6.10 Å². The van der Waals surface area contributed by atoms with Crippen molar-refractivity contribution >= 4 is 40.9 Å². The van der Waals surface area contributed by atoms with E-state index in [1.54, 1.807) is 11.8 Å². The van der Waals surface area contributed by atoms with Crippen LogP contribution in [0.4, 0.5) is 0 Å². The number of thiocarbonyl (C=S) groups is 1. The summed E-state index contributed by atoms with van der Waals surface area (Å²) in [6, 6.07) is 0. The van der Waals surface area contributed by atoms with Gasteiger partial charge >= 0.3 is 0 Å². The van der Waals surface area contributed by atoms with Gasteiger partial charge in [-0.05, 0) is 12.8 Å². The molecule has 0 fully saturated rings. The smallest absolute Gasteiger partial charge is 0.136 e. The molecule has 0 aromatic carbocycles. The van der Waals surface area contributed by atoms with Gasteiger partial charge in [0.2, 0.25) is 0 Å². The molecule has 150 valence electrons. The molecule has 0 saturated carbocycles. The van der Waals surface area contributed by atoms with Crippen molar-refractivity contribution in [2.24, 2.45) is 0 Å². The minimum atomic E-state index is -0.365. The summed E-state index contributed by atoms with van der Waals surface area (Å²) >= 11 is 11.4. The van der Waals surface area contributed by atoms with E-state index in [1.807, 2.05) is 0 Å². The van der Waals surface area contributed by atoms with Crippen LogP contribution in [0.2, 0.25) is 0 Å². The highest BCUT2D eigenvalue weighted by Crippen LogP contribution is 2.15. The van der Waals surface area contributed by atoms with Crippen LogP contribution in [0.15, 0.2) is 0 Å². The predicted molar refractivity (Wildman–Crippen MR) is 123 cm³/mol. The van der Waals surface area contributed by atoms with Crippen LogP contribution in [-0.2, 0) is 0 Å². The second-order valence-corrected chi connectivity index (χ2v) is 8.95. The second kappa shape index (κ2) is 19.3. The normalized spacial score (nSPS) is 12.3. The fraction of sp³-hybridized carbons (Fsp3) is 0.950. The van der Waals surface area contributed by atoms with Gasteiger partial charge in [-0.2, -0.15) is 12.6 Å². The van der Waals surface area contributed by atoms with Gasteiger partial charge in [-0.1, -0.05) is 102 Å². The lowest BCUT2D eigenvalue weighted by Crippen LogP contribution is -2.31. The van der Waals surface area contributed by atoms with Crippen molar-refractivity contribution in [2.45, 2.75) is 97.0 Å². The molecule has 1 atom stereocenters. The maximum absolute atomic E-state index is 9.71. The Morgan fingerprint density at radius 2 is 1.32 bits per heavy atom. The van der Waals surface area contributed by atoms with E-state index in [-0.39, 0.29) is 6.10 Å². The molecule has 0 rings (SSSR count). The van der Waals surface area contributed by atoms with E-state index >= 15 is 0 Å². The number of thioether (sulfide) groups is 1. The van der Waals surface area contributed by atoms with Crippen molar-refractivity contribution in [1.82, 2.24) is 4.90 Å². The molecule has 25 heavy (non-hydrogen) atoms. The quantitative estimate of drug-likeness (QED) is 0.167. The summed E-state index contributed by atoms with van der Waals surface area (Å²) in [5, 5.41) is 9.71. The Hall–Kier alpha value is 0.550. The molecule has 0 aliphatic heterocycles. The Labute approximate surface area is 172 Å². The Balaban J connectivity index is 4.09. The van der Waals surface area contributed by atoms with Crippen LogP contribution in [0.3, 0.4) is 0 Å². The summed E-state index contributed by atoms with van der Waals surface area (Å²) < 4.78 is 0.961. The van der Waals surface area contributed by atoms with Crippen molar-refractivity contribution in [3.8, 4) is 0 Å². The van der Waals surface area contributed by atoms with Crippen LogP contribution >= 0.6 is 36.6 Å². The minimum Gasteiger partial charge on any atom is -0.391 e. The first kappa shape index (κ1) is 25.6. The molecule has 0 aliphatic rings. The lowest BCUT2D eigenvalue weighted by atomic mass is 10.1. The lowest BCUT2D eigenvalue weighted by molar-refractivity contribution is 0.225. The average Bonchev–Trinajstić information content (AvgIpc) is 2.63. The molecule has 0 bridgehead atoms. The monoisotopic (exact) mass is 407 g/mol. The number of aliphatic hydroxyl groups is 1. The predicted octanol–water partition coefficient (Wildman–Crippen LogP) is 6.32. The van der Waals surface area contributed by atoms with Gasteiger partial charge in [-0.15, -0.1) is 0 Å². The van der Waals surface area contributed by atoms with E-state index in [4.69, 9.17) is 12.2 Å². The molecular formula is C20H41NOS3. The van der Waals surface area contributed by atoms with E-state index in [0.29, 0.717) is 11.5 Å². The van der Waals surface area contributed by atoms with Crippen LogP contribution in [-0.4, -0.2) is 45.0 Å². The van der Waals surface area contributed by atoms with E-state index in [9.17, 15) is 5.11 Å². The van der Waals surface area contributed by atoms with Gasteiger partial charge in [0.15, 0.2) is 0 Å². The van der Waals surface area contributed by atoms with Gasteiger partial charge in [0, 0.05) is 24.6 Å². The number of rotatable bonds is 17. The number of nitrogens with zero attached hydrogens (tertiary/aromatic N) is 1. The van der Waals surface area contributed by atoms with Crippen LogP contribution in [0, 0.1) is 0 Å². The minimum absolute atomic E-state index is 0.365. The molecule has 2 nitrogen and oxygen atoms in total. The SMILES string of the molecule is CCCCCCCCN(CCCCCCCC)C(=S)SCC(O)CS. The van der Waals surface area contributed by atoms with Gasteiger partial charge in [0.25, 0.3) is 0 Å². The highest BCUT2D eigenvalue weighted by Gasteiger charge is 2.12. The molecule has 0 amide bonds. The summed E-state index contributed by atoms with van der Waals surface area (Å²) in [6.45, 7) is 6.67. The Bertz CT molecular complexity index is 287. The maximum atomic E-state index is 9.71. The summed E-state index contributed by atoms with van der Waals surface area (Å²) in [5.74, 6) is 1.16. The van der Waals surface area contributed by atoms with E-state index < -0.39 is 0 Å². The fourth-order valence-corrected chi connectivity index (χ4v) is 4.28. The van der Waals surface area contributed by atoms with E-state index in [1.165, 1.54) is 77.0 Å². The molecule has 0 spiro atoms. The summed E-state index contributed by atoms with van der Waals surface area (Å²) in [5.41, 5.74) is 0. The number of thiol groups is 1. The third kappa shape index (κ3) is 16.4. The highest BCUT2D eigenvalue weighted by atomic mass is 32.2. The van der Waals surface area contributed by atoms with E-state index in [2.05, 4.69) is 31.4 Å². The number of hydrogen-bond acceptors (Lipinski definition) is 4. The zero-order chi connectivity index (χ0) is 18.8. The van der Waals surface area contributed by atoms with Crippen molar-refractivity contribution in [2.75, 3.05) is 24.6 Å². The third-order valence-corrected chi connectivity index (χ3v) is 6.52. The lowest BCUT2D eigenvalue weighted by Gasteiger charge is -2.25. The van der Waals surface area contributed by atoms with Crippen molar-refractivity contribution < 1.29 is 5.11 Å². The molecule has 1 N–H and O–H groups in total. The molecule has 0 aromatic rings. The number of hydrogen-bond donors (Lipinski definition) is 2. The fourth-order valence-electron chi connectivity index (χ4n) is 2.77. The molecule has 0 aliphatic carbocycles. The molecule has 5 heteroatoms. The maximum Gasteiger partial charge on any atom is 0.136 e. The van der Waals surface area contributed by atoms with Crippen molar-refractivity contribution in [3.05, 3.63) is 0 Å². The highest BCUT2D eigenvalue weighted by molar-refractivity contribution is 8.22. The molecule has 0 radical (unpaired) electrons. The van der Waals surface area contributed by atoms with Crippen LogP contribution in [0.25, 0.3) is 0 Å². The van der Waals surface area contributed by atoms with Crippen LogP contribution in [0.1, 0.15) is 90.9 Å². The number of aliphatic hydroxyl groups excluding tert-OH is 1.